The summed E-state index contributed by atoms with van der Waals surface area (Å²) in [7, 11) is 1.17. The summed E-state index contributed by atoms with van der Waals surface area (Å²) in [5.41, 5.74) is -0.616. The molecule has 168 valence electrons. The fourth-order valence-corrected chi connectivity index (χ4v) is 3.00. The lowest BCUT2D eigenvalue weighted by molar-refractivity contribution is -0.145. The summed E-state index contributed by atoms with van der Waals surface area (Å²) in [5.74, 6) is -1.83. The highest BCUT2D eigenvalue weighted by Crippen LogP contribution is 2.33. The predicted octanol–water partition coefficient (Wildman–Crippen LogP) is 3.95. The number of hydrogen-bond donors (Lipinski definition) is 1. The van der Waals surface area contributed by atoms with Crippen molar-refractivity contribution in [3.05, 3.63) is 76.9 Å². The van der Waals surface area contributed by atoms with Crippen LogP contribution < -0.4 is 10.1 Å². The fourth-order valence-electron chi connectivity index (χ4n) is 2.79. The molecule has 2 aromatic carbocycles. The van der Waals surface area contributed by atoms with Crippen LogP contribution in [0.4, 0.5) is 13.2 Å². The summed E-state index contributed by atoms with van der Waals surface area (Å²) in [4.78, 5) is 24.5. The first kappa shape index (κ1) is 23.1. The first-order valence-electron chi connectivity index (χ1n) is 9.18. The topological polar surface area (TPSA) is 82.4 Å². The molecule has 0 saturated carbocycles. The van der Waals surface area contributed by atoms with Crippen molar-refractivity contribution in [1.82, 2.24) is 15.1 Å². The number of benzene rings is 2. The molecule has 0 unspecified atom stereocenters. The highest BCUT2D eigenvalue weighted by atomic mass is 35.5. The standard InChI is InChI=1S/C21H17ClF3N3O4/c1-31-20(30)19(13-7-3-2-4-8-13)26-17(29)12-32-18-11-16(21(23,24)25)27-28(18)15-10-6-5-9-14(15)22/h2-11,19H,12H2,1H3,(H,26,29)/t19-/m0/s1. The van der Waals surface area contributed by atoms with E-state index in [2.05, 4.69) is 10.4 Å². The summed E-state index contributed by atoms with van der Waals surface area (Å²) in [6.07, 6.45) is -4.74. The molecule has 7 nitrogen and oxygen atoms in total. The highest BCUT2D eigenvalue weighted by Gasteiger charge is 2.36. The largest absolute Gasteiger partial charge is 0.467 e. The Labute approximate surface area is 185 Å². The first-order chi connectivity index (χ1) is 15.2. The van der Waals surface area contributed by atoms with Crippen LogP contribution in [0.5, 0.6) is 5.88 Å². The molecule has 0 aliphatic heterocycles. The van der Waals surface area contributed by atoms with Crippen molar-refractivity contribution < 1.29 is 32.2 Å². The minimum absolute atomic E-state index is 0.133. The fraction of sp³-hybridized carbons (Fsp3) is 0.190. The number of para-hydroxylation sites is 1. The average molecular weight is 468 g/mol. The zero-order valence-electron chi connectivity index (χ0n) is 16.6. The third-order valence-corrected chi connectivity index (χ3v) is 4.59. The van der Waals surface area contributed by atoms with E-state index in [0.29, 0.717) is 11.6 Å². The molecule has 1 N–H and O–H groups in total. The molecule has 3 rings (SSSR count). The average Bonchev–Trinajstić information content (AvgIpc) is 3.21. The van der Waals surface area contributed by atoms with E-state index in [-0.39, 0.29) is 16.6 Å². The van der Waals surface area contributed by atoms with E-state index < -0.39 is 36.4 Å². The lowest BCUT2D eigenvalue weighted by Gasteiger charge is -2.17. The summed E-state index contributed by atoms with van der Waals surface area (Å²) in [5, 5.41) is 6.10. The smallest absolute Gasteiger partial charge is 0.435 e. The predicted molar refractivity (Wildman–Crippen MR) is 108 cm³/mol. The molecule has 1 aromatic heterocycles. The summed E-state index contributed by atoms with van der Waals surface area (Å²) in [6.45, 7) is -0.687. The molecular weight excluding hydrogens is 451 g/mol. The number of aromatic nitrogens is 2. The Balaban J connectivity index is 1.81. The van der Waals surface area contributed by atoms with Gasteiger partial charge in [-0.15, -0.1) is 0 Å². The molecular formula is C21H17ClF3N3O4. The van der Waals surface area contributed by atoms with E-state index in [0.717, 1.165) is 4.68 Å². The minimum Gasteiger partial charge on any atom is -0.467 e. The number of esters is 1. The number of alkyl halides is 3. The van der Waals surface area contributed by atoms with Crippen molar-refractivity contribution in [1.29, 1.82) is 0 Å². The number of methoxy groups -OCH3 is 1. The van der Waals surface area contributed by atoms with Crippen LogP contribution in [0.3, 0.4) is 0 Å². The SMILES string of the molecule is COC(=O)[C@@H](NC(=O)COc1cc(C(F)(F)F)nn1-c1ccccc1Cl)c1ccccc1. The quantitative estimate of drug-likeness (QED) is 0.532. The number of rotatable bonds is 7. The summed E-state index contributed by atoms with van der Waals surface area (Å²) >= 11 is 6.08. The molecule has 1 atom stereocenters. The molecule has 1 amide bonds. The van der Waals surface area contributed by atoms with E-state index in [9.17, 15) is 22.8 Å². The number of amides is 1. The Kier molecular flexibility index (Phi) is 7.04. The molecule has 0 fully saturated rings. The van der Waals surface area contributed by atoms with Crippen LogP contribution in [0.25, 0.3) is 5.69 Å². The highest BCUT2D eigenvalue weighted by molar-refractivity contribution is 6.32. The Morgan fingerprint density at radius 1 is 1.12 bits per heavy atom. The van der Waals surface area contributed by atoms with Crippen molar-refractivity contribution in [3.63, 3.8) is 0 Å². The Hall–Kier alpha value is -3.53. The molecule has 3 aromatic rings. The Morgan fingerprint density at radius 3 is 2.41 bits per heavy atom. The molecule has 0 saturated heterocycles. The van der Waals surface area contributed by atoms with E-state index in [4.69, 9.17) is 21.1 Å². The molecule has 1 heterocycles. The Bertz CT molecular complexity index is 1100. The number of halogens is 4. The van der Waals surface area contributed by atoms with Gasteiger partial charge in [-0.3, -0.25) is 4.79 Å². The molecule has 0 aliphatic rings. The molecule has 0 bridgehead atoms. The second kappa shape index (κ2) is 9.73. The van der Waals surface area contributed by atoms with Gasteiger partial charge in [0, 0.05) is 6.07 Å². The van der Waals surface area contributed by atoms with Gasteiger partial charge in [0.1, 0.15) is 0 Å². The van der Waals surface area contributed by atoms with Gasteiger partial charge in [-0.1, -0.05) is 54.1 Å². The van der Waals surface area contributed by atoms with E-state index >= 15 is 0 Å². The zero-order chi connectivity index (χ0) is 23.3. The van der Waals surface area contributed by atoms with Gasteiger partial charge in [-0.25, -0.2) is 4.79 Å². The third kappa shape index (κ3) is 5.38. The lowest BCUT2D eigenvalue weighted by atomic mass is 10.1. The van der Waals surface area contributed by atoms with E-state index in [1.54, 1.807) is 42.5 Å². The van der Waals surface area contributed by atoms with Crippen LogP contribution in [-0.2, 0) is 20.5 Å². The molecule has 0 aliphatic carbocycles. The van der Waals surface area contributed by atoms with Gasteiger partial charge in [-0.2, -0.15) is 23.0 Å². The van der Waals surface area contributed by atoms with E-state index in [1.807, 2.05) is 0 Å². The number of carbonyl (C=O) groups is 2. The monoisotopic (exact) mass is 467 g/mol. The number of carbonyl (C=O) groups excluding carboxylic acids is 2. The van der Waals surface area contributed by atoms with Crippen LogP contribution in [0.1, 0.15) is 17.3 Å². The van der Waals surface area contributed by atoms with Crippen molar-refractivity contribution >= 4 is 23.5 Å². The molecule has 32 heavy (non-hydrogen) atoms. The van der Waals surface area contributed by atoms with Crippen LogP contribution >= 0.6 is 11.6 Å². The van der Waals surface area contributed by atoms with Crippen LogP contribution in [-0.4, -0.2) is 35.4 Å². The normalized spacial score (nSPS) is 12.2. The van der Waals surface area contributed by atoms with Gasteiger partial charge in [0.2, 0.25) is 5.88 Å². The maximum atomic E-state index is 13.2. The van der Waals surface area contributed by atoms with E-state index in [1.165, 1.54) is 19.2 Å². The van der Waals surface area contributed by atoms with Gasteiger partial charge in [-0.05, 0) is 17.7 Å². The first-order valence-corrected chi connectivity index (χ1v) is 9.55. The number of nitrogens with zero attached hydrogens (tertiary/aromatic N) is 2. The lowest BCUT2D eigenvalue weighted by Crippen LogP contribution is -2.37. The number of ether oxygens (including phenoxy) is 2. The second-order valence-electron chi connectivity index (χ2n) is 6.45. The van der Waals surface area contributed by atoms with Crippen LogP contribution in [0.2, 0.25) is 5.02 Å². The van der Waals surface area contributed by atoms with Crippen LogP contribution in [0, 0.1) is 0 Å². The van der Waals surface area contributed by atoms with Gasteiger partial charge in [0.25, 0.3) is 5.91 Å². The van der Waals surface area contributed by atoms with Crippen molar-refractivity contribution in [2.75, 3.05) is 13.7 Å². The van der Waals surface area contributed by atoms with Gasteiger partial charge >= 0.3 is 12.1 Å². The Morgan fingerprint density at radius 2 is 1.78 bits per heavy atom. The number of nitrogens with one attached hydrogen (secondary N) is 1. The maximum absolute atomic E-state index is 13.2. The molecule has 0 spiro atoms. The van der Waals surface area contributed by atoms with Gasteiger partial charge in [0.05, 0.1) is 17.8 Å². The summed E-state index contributed by atoms with van der Waals surface area (Å²) in [6, 6.07) is 13.9. The maximum Gasteiger partial charge on any atom is 0.435 e. The van der Waals surface area contributed by atoms with Crippen molar-refractivity contribution in [2.24, 2.45) is 0 Å². The van der Waals surface area contributed by atoms with Gasteiger partial charge in [0.15, 0.2) is 18.3 Å². The third-order valence-electron chi connectivity index (χ3n) is 4.27. The van der Waals surface area contributed by atoms with Gasteiger partial charge < -0.3 is 14.8 Å². The number of hydrogen-bond acceptors (Lipinski definition) is 5. The van der Waals surface area contributed by atoms with Crippen LogP contribution in [0.15, 0.2) is 60.7 Å². The second-order valence-corrected chi connectivity index (χ2v) is 6.86. The minimum atomic E-state index is -4.74. The summed E-state index contributed by atoms with van der Waals surface area (Å²) < 4.78 is 50.4. The van der Waals surface area contributed by atoms with Crippen molar-refractivity contribution in [3.8, 4) is 11.6 Å². The molecule has 0 radical (unpaired) electrons. The molecule has 11 heteroatoms. The van der Waals surface area contributed by atoms with Crippen molar-refractivity contribution in [2.45, 2.75) is 12.2 Å². The zero-order valence-corrected chi connectivity index (χ0v) is 17.4.